The molecule has 6 heteroatoms. The summed E-state index contributed by atoms with van der Waals surface area (Å²) < 4.78 is 0. The number of carbonyl (C=O) groups is 1. The molecule has 6 nitrogen and oxygen atoms in total. The second-order valence-corrected chi connectivity index (χ2v) is 8.02. The molecule has 1 aromatic heterocycles. The number of hydrogen-bond donors (Lipinski definition) is 1. The summed E-state index contributed by atoms with van der Waals surface area (Å²) in [6, 6.07) is 23.7. The first-order chi connectivity index (χ1) is 15.6. The molecule has 1 aliphatic rings. The van der Waals surface area contributed by atoms with Crippen molar-refractivity contribution in [2.75, 3.05) is 13.7 Å². The Morgan fingerprint density at radius 2 is 1.81 bits per heavy atom. The van der Waals surface area contributed by atoms with Crippen LogP contribution < -0.4 is 0 Å². The number of rotatable bonds is 4. The molecule has 0 aliphatic carbocycles. The lowest BCUT2D eigenvalue weighted by molar-refractivity contribution is 0.0734. The largest absolute Gasteiger partial charge is 0.399 e. The lowest BCUT2D eigenvalue weighted by Gasteiger charge is -2.22. The van der Waals surface area contributed by atoms with Crippen molar-refractivity contribution in [2.24, 2.45) is 5.16 Å². The number of benzene rings is 3. The van der Waals surface area contributed by atoms with Gasteiger partial charge in [-0.1, -0.05) is 53.7 Å². The smallest absolute Gasteiger partial charge is 0.254 e. The van der Waals surface area contributed by atoms with Gasteiger partial charge in [-0.05, 0) is 47.9 Å². The van der Waals surface area contributed by atoms with Crippen LogP contribution in [-0.2, 0) is 4.84 Å². The number of oxime groups is 1. The SMILES string of the molecule is CON=C1C[C@@H](c2nc3ccccc3[nH]2)N(C(=O)c2ccc(-c3ccccc3C)cc2)C1. The number of amides is 1. The van der Waals surface area contributed by atoms with Crippen molar-refractivity contribution in [1.82, 2.24) is 14.9 Å². The second-order valence-electron chi connectivity index (χ2n) is 8.02. The van der Waals surface area contributed by atoms with Gasteiger partial charge in [-0.2, -0.15) is 0 Å². The van der Waals surface area contributed by atoms with Crippen molar-refractivity contribution < 1.29 is 9.63 Å². The fourth-order valence-corrected chi connectivity index (χ4v) is 4.34. The topological polar surface area (TPSA) is 70.6 Å². The van der Waals surface area contributed by atoms with Gasteiger partial charge in [-0.3, -0.25) is 4.79 Å². The molecule has 0 radical (unpaired) electrons. The number of carbonyl (C=O) groups excluding carboxylic acids is 1. The summed E-state index contributed by atoms with van der Waals surface area (Å²) in [4.78, 5) is 28.4. The first-order valence-electron chi connectivity index (χ1n) is 10.6. The molecule has 2 heterocycles. The number of hydrogen-bond acceptors (Lipinski definition) is 4. The minimum atomic E-state index is -0.222. The van der Waals surface area contributed by atoms with Crippen LogP contribution >= 0.6 is 0 Å². The summed E-state index contributed by atoms with van der Waals surface area (Å²) in [6.45, 7) is 2.50. The van der Waals surface area contributed by atoms with E-state index in [4.69, 9.17) is 9.82 Å². The number of imidazole rings is 1. The number of likely N-dealkylation sites (tertiary alicyclic amines) is 1. The number of aromatic amines is 1. The van der Waals surface area contributed by atoms with E-state index in [2.05, 4.69) is 29.2 Å². The van der Waals surface area contributed by atoms with Crippen molar-refractivity contribution in [2.45, 2.75) is 19.4 Å². The monoisotopic (exact) mass is 424 g/mol. The number of aryl methyl sites for hydroxylation is 1. The van der Waals surface area contributed by atoms with E-state index >= 15 is 0 Å². The van der Waals surface area contributed by atoms with E-state index in [9.17, 15) is 4.79 Å². The molecule has 0 spiro atoms. The third-order valence-corrected chi connectivity index (χ3v) is 5.95. The molecule has 1 N–H and O–H groups in total. The predicted octanol–water partition coefficient (Wildman–Crippen LogP) is 5.13. The average molecular weight is 425 g/mol. The Balaban J connectivity index is 1.46. The number of H-pyrrole nitrogens is 1. The molecule has 5 rings (SSSR count). The number of aromatic nitrogens is 2. The van der Waals surface area contributed by atoms with Gasteiger partial charge >= 0.3 is 0 Å². The van der Waals surface area contributed by atoms with Gasteiger partial charge in [0.2, 0.25) is 0 Å². The van der Waals surface area contributed by atoms with E-state index in [1.165, 1.54) is 18.2 Å². The van der Waals surface area contributed by atoms with E-state index in [1.54, 1.807) is 0 Å². The molecule has 160 valence electrons. The van der Waals surface area contributed by atoms with Gasteiger partial charge in [0.15, 0.2) is 0 Å². The van der Waals surface area contributed by atoms with Crippen LogP contribution in [0.15, 0.2) is 78.0 Å². The molecule has 3 aromatic carbocycles. The summed E-state index contributed by atoms with van der Waals surface area (Å²) in [5.41, 5.74) is 6.77. The molecular formula is C26H24N4O2. The maximum Gasteiger partial charge on any atom is 0.254 e. The Morgan fingerprint density at radius 3 is 2.56 bits per heavy atom. The highest BCUT2D eigenvalue weighted by molar-refractivity contribution is 6.01. The van der Waals surface area contributed by atoms with E-state index in [0.717, 1.165) is 28.1 Å². The van der Waals surface area contributed by atoms with Crippen molar-refractivity contribution in [3.05, 3.63) is 89.7 Å². The van der Waals surface area contributed by atoms with Gasteiger partial charge in [0.1, 0.15) is 12.9 Å². The average Bonchev–Trinajstić information content (AvgIpc) is 3.43. The van der Waals surface area contributed by atoms with Crippen LogP contribution in [0.1, 0.15) is 34.2 Å². The molecule has 1 saturated heterocycles. The molecule has 0 bridgehead atoms. The Bertz CT molecular complexity index is 1270. The summed E-state index contributed by atoms with van der Waals surface area (Å²) in [5, 5.41) is 4.12. The summed E-state index contributed by atoms with van der Waals surface area (Å²) in [6.07, 6.45) is 0.584. The van der Waals surface area contributed by atoms with Gasteiger partial charge in [0, 0.05) is 12.0 Å². The van der Waals surface area contributed by atoms with Crippen LogP contribution in [0.4, 0.5) is 0 Å². The minimum absolute atomic E-state index is 0.0481. The molecule has 1 amide bonds. The van der Waals surface area contributed by atoms with Crippen molar-refractivity contribution >= 4 is 22.7 Å². The number of para-hydroxylation sites is 2. The van der Waals surface area contributed by atoms with E-state index < -0.39 is 0 Å². The Labute approximate surface area is 186 Å². The van der Waals surface area contributed by atoms with Gasteiger partial charge < -0.3 is 14.7 Å². The summed E-state index contributed by atoms with van der Waals surface area (Å²) in [5.74, 6) is 0.713. The standard InChI is InChI=1S/C26H24N4O2/c1-17-7-3-4-8-21(17)18-11-13-19(14-12-18)26(31)30-16-20(29-32-2)15-24(30)25-27-22-9-5-6-10-23(22)28-25/h3-14,24H,15-16H2,1-2H3,(H,27,28)/t24-/m0/s1. The first kappa shape index (κ1) is 20.0. The fraction of sp³-hybridized carbons (Fsp3) is 0.192. The minimum Gasteiger partial charge on any atom is -0.399 e. The predicted molar refractivity (Wildman–Crippen MR) is 126 cm³/mol. The molecule has 1 aliphatic heterocycles. The van der Waals surface area contributed by atoms with Gasteiger partial charge in [-0.25, -0.2) is 4.98 Å². The highest BCUT2D eigenvalue weighted by Gasteiger charge is 2.36. The number of fused-ring (bicyclic) bond motifs is 1. The van der Waals surface area contributed by atoms with Crippen LogP contribution in [0, 0.1) is 6.92 Å². The van der Waals surface area contributed by atoms with Crippen molar-refractivity contribution in [3.8, 4) is 11.1 Å². The van der Waals surface area contributed by atoms with Crippen LogP contribution in [-0.4, -0.2) is 40.1 Å². The van der Waals surface area contributed by atoms with Gasteiger partial charge in [0.25, 0.3) is 5.91 Å². The Kier molecular flexibility index (Phi) is 5.19. The number of nitrogens with one attached hydrogen (secondary N) is 1. The van der Waals surface area contributed by atoms with E-state index in [1.807, 2.05) is 65.6 Å². The van der Waals surface area contributed by atoms with Crippen LogP contribution in [0.25, 0.3) is 22.2 Å². The van der Waals surface area contributed by atoms with E-state index in [-0.39, 0.29) is 11.9 Å². The van der Waals surface area contributed by atoms with E-state index in [0.29, 0.717) is 18.5 Å². The molecule has 0 saturated carbocycles. The Hall–Kier alpha value is -3.93. The lowest BCUT2D eigenvalue weighted by Crippen LogP contribution is -2.31. The lowest BCUT2D eigenvalue weighted by atomic mass is 9.99. The quantitative estimate of drug-likeness (QED) is 0.462. The summed E-state index contributed by atoms with van der Waals surface area (Å²) in [7, 11) is 1.53. The fourth-order valence-electron chi connectivity index (χ4n) is 4.34. The molecule has 1 fully saturated rings. The zero-order chi connectivity index (χ0) is 22.1. The Morgan fingerprint density at radius 1 is 1.06 bits per heavy atom. The highest BCUT2D eigenvalue weighted by Crippen LogP contribution is 2.32. The molecule has 0 unspecified atom stereocenters. The zero-order valence-corrected chi connectivity index (χ0v) is 18.1. The normalized spacial score (nSPS) is 17.2. The maximum atomic E-state index is 13.5. The van der Waals surface area contributed by atoms with Crippen molar-refractivity contribution in [1.29, 1.82) is 0 Å². The van der Waals surface area contributed by atoms with Gasteiger partial charge in [0.05, 0.1) is 29.3 Å². The summed E-state index contributed by atoms with van der Waals surface area (Å²) >= 11 is 0. The zero-order valence-electron chi connectivity index (χ0n) is 18.1. The molecule has 32 heavy (non-hydrogen) atoms. The van der Waals surface area contributed by atoms with Crippen LogP contribution in [0.3, 0.4) is 0 Å². The highest BCUT2D eigenvalue weighted by atomic mass is 16.6. The number of nitrogens with zero attached hydrogens (tertiary/aromatic N) is 3. The maximum absolute atomic E-state index is 13.5. The van der Waals surface area contributed by atoms with Crippen LogP contribution in [0.5, 0.6) is 0 Å². The third-order valence-electron chi connectivity index (χ3n) is 5.95. The molecule has 1 atom stereocenters. The first-order valence-corrected chi connectivity index (χ1v) is 10.6. The van der Waals surface area contributed by atoms with Crippen LogP contribution in [0.2, 0.25) is 0 Å². The molecule has 4 aromatic rings. The second kappa shape index (κ2) is 8.30. The third kappa shape index (κ3) is 3.64. The van der Waals surface area contributed by atoms with Gasteiger partial charge in [-0.15, -0.1) is 0 Å². The van der Waals surface area contributed by atoms with Crippen molar-refractivity contribution in [3.63, 3.8) is 0 Å². The molecular weight excluding hydrogens is 400 g/mol.